The van der Waals surface area contributed by atoms with Crippen LogP contribution < -0.4 is 5.73 Å². The predicted octanol–water partition coefficient (Wildman–Crippen LogP) is 0.480. The maximum atomic E-state index is 10.7. The Bertz CT molecular complexity index is 391. The fourth-order valence-electron chi connectivity index (χ4n) is 0.896. The molecule has 4 heteroatoms. The summed E-state index contributed by atoms with van der Waals surface area (Å²) in [6.45, 7) is 0.461. The van der Waals surface area contributed by atoms with Crippen molar-refractivity contribution >= 4 is 5.97 Å². The Morgan fingerprint density at radius 2 is 2.43 bits per heavy atom. The molecule has 1 heterocycles. The van der Waals surface area contributed by atoms with Gasteiger partial charge in [-0.1, -0.05) is 5.92 Å². The molecule has 3 N–H and O–H groups in total. The van der Waals surface area contributed by atoms with Gasteiger partial charge in [0.05, 0.1) is 5.56 Å². The molecular formula is C10H10N2O2. The van der Waals surface area contributed by atoms with Crippen LogP contribution in [0.25, 0.3) is 0 Å². The normalized spacial score (nSPS) is 8.93. The first-order valence-corrected chi connectivity index (χ1v) is 4.13. The van der Waals surface area contributed by atoms with Crippen LogP contribution in [0.3, 0.4) is 0 Å². The molecule has 14 heavy (non-hydrogen) atoms. The van der Waals surface area contributed by atoms with Crippen LogP contribution in [0.1, 0.15) is 22.5 Å². The van der Waals surface area contributed by atoms with E-state index in [1.807, 2.05) is 0 Å². The van der Waals surface area contributed by atoms with E-state index in [4.69, 9.17) is 10.8 Å². The van der Waals surface area contributed by atoms with Crippen molar-refractivity contribution in [3.05, 3.63) is 29.6 Å². The molecule has 0 fully saturated rings. The van der Waals surface area contributed by atoms with Crippen LogP contribution in [0.15, 0.2) is 18.3 Å². The van der Waals surface area contributed by atoms with Gasteiger partial charge in [0, 0.05) is 19.2 Å². The van der Waals surface area contributed by atoms with Crippen molar-refractivity contribution in [1.82, 2.24) is 4.98 Å². The summed E-state index contributed by atoms with van der Waals surface area (Å²) in [5.41, 5.74) is 5.66. The standard InChI is InChI=1S/C10H10N2O2/c11-6-2-1-5-9-8(10(13)14)4-3-7-12-9/h3-4,7H,2,6,11H2,(H,13,14). The lowest BCUT2D eigenvalue weighted by molar-refractivity contribution is 0.0696. The molecule has 0 unspecified atom stereocenters. The van der Waals surface area contributed by atoms with Gasteiger partial charge in [0.25, 0.3) is 0 Å². The summed E-state index contributed by atoms with van der Waals surface area (Å²) in [6, 6.07) is 3.04. The monoisotopic (exact) mass is 190 g/mol. The van der Waals surface area contributed by atoms with E-state index in [9.17, 15) is 4.79 Å². The molecule has 0 aromatic carbocycles. The average Bonchev–Trinajstić information content (AvgIpc) is 2.19. The molecule has 0 atom stereocenters. The minimum Gasteiger partial charge on any atom is -0.478 e. The van der Waals surface area contributed by atoms with Crippen molar-refractivity contribution < 1.29 is 9.90 Å². The molecule has 0 saturated carbocycles. The van der Waals surface area contributed by atoms with E-state index in [2.05, 4.69) is 16.8 Å². The highest BCUT2D eigenvalue weighted by Gasteiger charge is 2.07. The van der Waals surface area contributed by atoms with E-state index in [-0.39, 0.29) is 11.3 Å². The first-order valence-electron chi connectivity index (χ1n) is 4.13. The van der Waals surface area contributed by atoms with Gasteiger partial charge in [0.1, 0.15) is 5.69 Å². The SMILES string of the molecule is NCCC#Cc1ncccc1C(=O)O. The lowest BCUT2D eigenvalue weighted by atomic mass is 10.2. The van der Waals surface area contributed by atoms with Gasteiger partial charge in [0.2, 0.25) is 0 Å². The van der Waals surface area contributed by atoms with Crippen molar-refractivity contribution in [2.24, 2.45) is 5.73 Å². The third kappa shape index (κ3) is 2.57. The van der Waals surface area contributed by atoms with E-state index in [1.54, 1.807) is 6.07 Å². The first kappa shape index (κ1) is 10.2. The molecule has 0 aliphatic rings. The van der Waals surface area contributed by atoms with Crippen LogP contribution >= 0.6 is 0 Å². The topological polar surface area (TPSA) is 76.2 Å². The maximum absolute atomic E-state index is 10.7. The Balaban J connectivity index is 2.97. The third-order valence-electron chi connectivity index (χ3n) is 1.51. The first-order chi connectivity index (χ1) is 6.75. The molecule has 0 saturated heterocycles. The fourth-order valence-corrected chi connectivity index (χ4v) is 0.896. The summed E-state index contributed by atoms with van der Waals surface area (Å²) in [7, 11) is 0. The van der Waals surface area contributed by atoms with E-state index < -0.39 is 5.97 Å². The van der Waals surface area contributed by atoms with E-state index in [0.717, 1.165) is 0 Å². The summed E-state index contributed by atoms with van der Waals surface area (Å²) in [5.74, 6) is 4.40. The highest BCUT2D eigenvalue weighted by Crippen LogP contribution is 2.03. The van der Waals surface area contributed by atoms with Crippen molar-refractivity contribution in [3.63, 3.8) is 0 Å². The number of hydrogen-bond acceptors (Lipinski definition) is 3. The van der Waals surface area contributed by atoms with Gasteiger partial charge in [-0.15, -0.1) is 0 Å². The molecule has 1 rings (SSSR count). The molecule has 0 aliphatic heterocycles. The van der Waals surface area contributed by atoms with Gasteiger partial charge in [-0.2, -0.15) is 0 Å². The van der Waals surface area contributed by atoms with Gasteiger partial charge in [-0.25, -0.2) is 9.78 Å². The Morgan fingerprint density at radius 1 is 1.64 bits per heavy atom. The Morgan fingerprint density at radius 3 is 3.07 bits per heavy atom. The average molecular weight is 190 g/mol. The second-order valence-corrected chi connectivity index (χ2v) is 2.55. The minimum absolute atomic E-state index is 0.122. The Hall–Kier alpha value is -1.86. The molecule has 0 aliphatic carbocycles. The number of nitrogens with two attached hydrogens (primary N) is 1. The van der Waals surface area contributed by atoms with Crippen LogP contribution in [0.4, 0.5) is 0 Å². The van der Waals surface area contributed by atoms with E-state index >= 15 is 0 Å². The summed E-state index contributed by atoms with van der Waals surface area (Å²) in [5, 5.41) is 8.79. The number of aromatic carboxylic acids is 1. The minimum atomic E-state index is -1.02. The van der Waals surface area contributed by atoms with Crippen molar-refractivity contribution in [2.75, 3.05) is 6.54 Å². The van der Waals surface area contributed by atoms with Gasteiger partial charge in [-0.05, 0) is 18.1 Å². The van der Waals surface area contributed by atoms with Crippen LogP contribution in [-0.2, 0) is 0 Å². The smallest absolute Gasteiger partial charge is 0.338 e. The van der Waals surface area contributed by atoms with Gasteiger partial charge >= 0.3 is 5.97 Å². The molecular weight excluding hydrogens is 180 g/mol. The molecule has 72 valence electrons. The molecule has 0 spiro atoms. The molecule has 1 aromatic heterocycles. The highest BCUT2D eigenvalue weighted by molar-refractivity contribution is 5.89. The number of hydrogen-bond donors (Lipinski definition) is 2. The number of aromatic nitrogens is 1. The Labute approximate surface area is 81.8 Å². The molecule has 0 radical (unpaired) electrons. The van der Waals surface area contributed by atoms with Crippen molar-refractivity contribution in [3.8, 4) is 11.8 Å². The Kier molecular flexibility index (Phi) is 3.65. The van der Waals surface area contributed by atoms with Crippen molar-refractivity contribution in [2.45, 2.75) is 6.42 Å². The maximum Gasteiger partial charge on any atom is 0.338 e. The molecule has 0 amide bonds. The number of carboxylic acid groups (broad SMARTS) is 1. The van der Waals surface area contributed by atoms with Crippen LogP contribution in [0.5, 0.6) is 0 Å². The van der Waals surface area contributed by atoms with E-state index in [1.165, 1.54) is 12.3 Å². The quantitative estimate of drug-likeness (QED) is 0.665. The number of carboxylic acids is 1. The lowest BCUT2D eigenvalue weighted by Crippen LogP contribution is -2.01. The van der Waals surface area contributed by atoms with Crippen LogP contribution in [-0.4, -0.2) is 22.6 Å². The number of rotatable bonds is 2. The fraction of sp³-hybridized carbons (Fsp3) is 0.200. The van der Waals surface area contributed by atoms with Crippen LogP contribution in [0.2, 0.25) is 0 Å². The lowest BCUT2D eigenvalue weighted by Gasteiger charge is -1.95. The third-order valence-corrected chi connectivity index (χ3v) is 1.51. The van der Waals surface area contributed by atoms with Crippen molar-refractivity contribution in [1.29, 1.82) is 0 Å². The van der Waals surface area contributed by atoms with E-state index in [0.29, 0.717) is 13.0 Å². The highest BCUT2D eigenvalue weighted by atomic mass is 16.4. The predicted molar refractivity (Wildman–Crippen MR) is 51.7 cm³/mol. The summed E-state index contributed by atoms with van der Waals surface area (Å²) in [4.78, 5) is 14.6. The second kappa shape index (κ2) is 5.00. The largest absolute Gasteiger partial charge is 0.478 e. The van der Waals surface area contributed by atoms with Gasteiger partial charge < -0.3 is 10.8 Å². The molecule has 0 bridgehead atoms. The number of carbonyl (C=O) groups is 1. The molecule has 4 nitrogen and oxygen atoms in total. The zero-order valence-electron chi connectivity index (χ0n) is 7.53. The molecule has 1 aromatic rings. The number of nitrogens with zero attached hydrogens (tertiary/aromatic N) is 1. The zero-order chi connectivity index (χ0) is 10.4. The second-order valence-electron chi connectivity index (χ2n) is 2.55. The summed E-state index contributed by atoms with van der Waals surface area (Å²) < 4.78 is 0. The zero-order valence-corrected chi connectivity index (χ0v) is 7.53. The summed E-state index contributed by atoms with van der Waals surface area (Å²) >= 11 is 0. The van der Waals surface area contributed by atoms with Gasteiger partial charge in [0.15, 0.2) is 0 Å². The van der Waals surface area contributed by atoms with Crippen LogP contribution in [0, 0.1) is 11.8 Å². The summed E-state index contributed by atoms with van der Waals surface area (Å²) in [6.07, 6.45) is 2.05. The number of pyridine rings is 1. The van der Waals surface area contributed by atoms with Gasteiger partial charge in [-0.3, -0.25) is 0 Å².